The van der Waals surface area contributed by atoms with Crippen LogP contribution in [0.3, 0.4) is 0 Å². The summed E-state index contributed by atoms with van der Waals surface area (Å²) in [5, 5.41) is 2.96. The molecule has 1 aromatic rings. The molecule has 0 saturated heterocycles. The fraction of sp³-hybridized carbons (Fsp3) is 0.500. The number of amides is 1. The van der Waals surface area contributed by atoms with Gasteiger partial charge in [-0.15, -0.1) is 0 Å². The number of carbonyl (C=O) groups is 1. The van der Waals surface area contributed by atoms with Crippen molar-refractivity contribution in [1.29, 1.82) is 0 Å². The van der Waals surface area contributed by atoms with Gasteiger partial charge in [-0.3, -0.25) is 4.79 Å². The van der Waals surface area contributed by atoms with E-state index in [-0.39, 0.29) is 11.9 Å². The molecule has 1 aromatic carbocycles. The minimum atomic E-state index is -0.431. The van der Waals surface area contributed by atoms with Crippen molar-refractivity contribution in [2.75, 3.05) is 5.73 Å². The van der Waals surface area contributed by atoms with Crippen LogP contribution in [0, 0.1) is 18.7 Å². The maximum atomic E-state index is 13.5. The smallest absolute Gasteiger partial charge is 0.251 e. The molecule has 1 aliphatic carbocycles. The van der Waals surface area contributed by atoms with Gasteiger partial charge in [-0.1, -0.05) is 13.3 Å². The van der Waals surface area contributed by atoms with Crippen LogP contribution in [0.5, 0.6) is 0 Å². The van der Waals surface area contributed by atoms with Gasteiger partial charge in [0.2, 0.25) is 0 Å². The summed E-state index contributed by atoms with van der Waals surface area (Å²) in [5.74, 6) is -0.180. The molecule has 2 atom stereocenters. The molecule has 1 fully saturated rings. The molecule has 0 heterocycles. The quantitative estimate of drug-likeness (QED) is 0.793. The Morgan fingerprint density at radius 2 is 2.17 bits per heavy atom. The summed E-state index contributed by atoms with van der Waals surface area (Å²) in [6, 6.07) is 2.98. The van der Waals surface area contributed by atoms with Gasteiger partial charge in [0, 0.05) is 22.9 Å². The Morgan fingerprint density at radius 1 is 1.44 bits per heavy atom. The lowest BCUT2D eigenvalue weighted by atomic mass is 10.0. The first-order valence-electron chi connectivity index (χ1n) is 6.35. The lowest BCUT2D eigenvalue weighted by molar-refractivity contribution is 0.0929. The van der Waals surface area contributed by atoms with Crippen molar-refractivity contribution in [2.45, 2.75) is 39.2 Å². The molecule has 0 bridgehead atoms. The summed E-state index contributed by atoms with van der Waals surface area (Å²) in [6.45, 7) is 3.73. The van der Waals surface area contributed by atoms with E-state index < -0.39 is 5.82 Å². The number of nitrogens with two attached hydrogens (primary N) is 1. The first-order chi connectivity index (χ1) is 8.49. The summed E-state index contributed by atoms with van der Waals surface area (Å²) < 4.78 is 13.5. The van der Waals surface area contributed by atoms with Gasteiger partial charge >= 0.3 is 0 Å². The van der Waals surface area contributed by atoms with E-state index in [1.807, 2.05) is 0 Å². The van der Waals surface area contributed by atoms with Crippen molar-refractivity contribution in [1.82, 2.24) is 5.32 Å². The number of nitrogen functional groups attached to an aromatic ring is 1. The average molecular weight is 250 g/mol. The molecule has 0 radical (unpaired) electrons. The van der Waals surface area contributed by atoms with Crippen molar-refractivity contribution in [3.05, 3.63) is 29.1 Å². The fourth-order valence-electron chi connectivity index (χ4n) is 2.44. The molecule has 98 valence electrons. The van der Waals surface area contributed by atoms with Gasteiger partial charge in [0.25, 0.3) is 5.91 Å². The van der Waals surface area contributed by atoms with Gasteiger partial charge in [0.05, 0.1) is 0 Å². The lowest BCUT2D eigenvalue weighted by Crippen LogP contribution is -2.36. The predicted molar refractivity (Wildman–Crippen MR) is 69.8 cm³/mol. The Morgan fingerprint density at radius 3 is 2.72 bits per heavy atom. The van der Waals surface area contributed by atoms with E-state index in [0.717, 1.165) is 19.3 Å². The third-order valence-electron chi connectivity index (χ3n) is 3.82. The molecule has 0 aromatic heterocycles. The highest BCUT2D eigenvalue weighted by Gasteiger charge is 2.25. The lowest BCUT2D eigenvalue weighted by Gasteiger charge is -2.17. The van der Waals surface area contributed by atoms with Gasteiger partial charge in [-0.2, -0.15) is 0 Å². The second kappa shape index (κ2) is 4.96. The Bertz CT molecular complexity index is 450. The van der Waals surface area contributed by atoms with Gasteiger partial charge in [-0.05, 0) is 37.8 Å². The summed E-state index contributed by atoms with van der Waals surface area (Å²) in [5.41, 5.74) is 6.68. The molecular weight excluding hydrogens is 231 g/mol. The number of halogens is 1. The molecule has 1 aliphatic rings. The predicted octanol–water partition coefficient (Wildman–Crippen LogP) is 2.63. The summed E-state index contributed by atoms with van der Waals surface area (Å²) in [4.78, 5) is 12.0. The van der Waals surface area contributed by atoms with Gasteiger partial charge in [-0.25, -0.2) is 4.39 Å². The Hall–Kier alpha value is -1.58. The molecule has 18 heavy (non-hydrogen) atoms. The second-order valence-electron chi connectivity index (χ2n) is 5.16. The van der Waals surface area contributed by atoms with E-state index in [0.29, 0.717) is 22.7 Å². The maximum Gasteiger partial charge on any atom is 0.251 e. The van der Waals surface area contributed by atoms with Crippen molar-refractivity contribution in [3.63, 3.8) is 0 Å². The number of hydrogen-bond acceptors (Lipinski definition) is 2. The van der Waals surface area contributed by atoms with Crippen LogP contribution in [0.15, 0.2) is 12.1 Å². The summed E-state index contributed by atoms with van der Waals surface area (Å²) in [6.07, 6.45) is 3.27. The Balaban J connectivity index is 2.14. The van der Waals surface area contributed by atoms with Crippen LogP contribution in [0.25, 0.3) is 0 Å². The molecule has 2 rings (SSSR count). The number of nitrogens with one attached hydrogen (secondary N) is 1. The zero-order chi connectivity index (χ0) is 13.3. The van der Waals surface area contributed by atoms with E-state index in [1.165, 1.54) is 12.1 Å². The highest BCUT2D eigenvalue weighted by atomic mass is 19.1. The number of benzene rings is 1. The number of rotatable bonds is 2. The van der Waals surface area contributed by atoms with Gasteiger partial charge in [0.1, 0.15) is 5.82 Å². The number of carbonyl (C=O) groups excluding carboxylic acids is 1. The minimum Gasteiger partial charge on any atom is -0.398 e. The monoisotopic (exact) mass is 250 g/mol. The number of anilines is 1. The Kier molecular flexibility index (Phi) is 3.55. The zero-order valence-electron chi connectivity index (χ0n) is 10.8. The van der Waals surface area contributed by atoms with E-state index in [4.69, 9.17) is 5.73 Å². The normalized spacial score (nSPS) is 23.1. The maximum absolute atomic E-state index is 13.5. The van der Waals surface area contributed by atoms with E-state index in [1.54, 1.807) is 6.92 Å². The molecule has 4 heteroatoms. The molecule has 1 saturated carbocycles. The molecule has 0 aliphatic heterocycles. The van der Waals surface area contributed by atoms with Crippen LogP contribution < -0.4 is 11.1 Å². The van der Waals surface area contributed by atoms with Crippen molar-refractivity contribution >= 4 is 11.6 Å². The zero-order valence-corrected chi connectivity index (χ0v) is 10.8. The number of hydrogen-bond donors (Lipinski definition) is 2. The van der Waals surface area contributed by atoms with E-state index >= 15 is 0 Å². The molecule has 1 amide bonds. The highest BCUT2D eigenvalue weighted by Crippen LogP contribution is 2.25. The van der Waals surface area contributed by atoms with Crippen LogP contribution >= 0.6 is 0 Å². The van der Waals surface area contributed by atoms with Crippen molar-refractivity contribution < 1.29 is 9.18 Å². The van der Waals surface area contributed by atoms with Crippen molar-refractivity contribution in [2.24, 2.45) is 5.92 Å². The SMILES string of the molecule is Cc1c(N)cc(C(=O)NC2CCCC2C)cc1F. The van der Waals surface area contributed by atoms with Crippen LogP contribution in [-0.4, -0.2) is 11.9 Å². The highest BCUT2D eigenvalue weighted by molar-refractivity contribution is 5.95. The molecule has 3 N–H and O–H groups in total. The molecule has 3 nitrogen and oxygen atoms in total. The first-order valence-corrected chi connectivity index (χ1v) is 6.35. The summed E-state index contributed by atoms with van der Waals surface area (Å²) in [7, 11) is 0. The van der Waals surface area contributed by atoms with E-state index in [9.17, 15) is 9.18 Å². The van der Waals surface area contributed by atoms with Gasteiger partial charge in [0.15, 0.2) is 0 Å². The standard InChI is InChI=1S/C14H19FN2O/c1-8-4-3-5-13(8)17-14(18)10-6-11(15)9(2)12(16)7-10/h6-8,13H,3-5,16H2,1-2H3,(H,17,18). The molecular formula is C14H19FN2O. The second-order valence-corrected chi connectivity index (χ2v) is 5.16. The molecule has 2 unspecified atom stereocenters. The topological polar surface area (TPSA) is 55.1 Å². The average Bonchev–Trinajstić information content (AvgIpc) is 2.71. The van der Waals surface area contributed by atoms with Gasteiger partial charge < -0.3 is 11.1 Å². The van der Waals surface area contributed by atoms with Crippen LogP contribution in [0.1, 0.15) is 42.1 Å². The fourth-order valence-corrected chi connectivity index (χ4v) is 2.44. The molecule has 0 spiro atoms. The summed E-state index contributed by atoms with van der Waals surface area (Å²) >= 11 is 0. The van der Waals surface area contributed by atoms with Crippen molar-refractivity contribution in [3.8, 4) is 0 Å². The largest absolute Gasteiger partial charge is 0.398 e. The van der Waals surface area contributed by atoms with Crippen LogP contribution in [-0.2, 0) is 0 Å². The van der Waals surface area contributed by atoms with E-state index in [2.05, 4.69) is 12.2 Å². The first kappa shape index (κ1) is 12.9. The Labute approximate surface area is 107 Å². The third-order valence-corrected chi connectivity index (χ3v) is 3.82. The van der Waals surface area contributed by atoms with Crippen LogP contribution in [0.4, 0.5) is 10.1 Å². The minimum absolute atomic E-state index is 0.197. The van der Waals surface area contributed by atoms with Crippen LogP contribution in [0.2, 0.25) is 0 Å². The third kappa shape index (κ3) is 2.47.